The highest BCUT2D eigenvalue weighted by Gasteiger charge is 1.85. The molecular formula is C8H14O4. The zero-order chi connectivity index (χ0) is 9.23. The van der Waals surface area contributed by atoms with Crippen molar-refractivity contribution in [3.63, 3.8) is 0 Å². The largest absolute Gasteiger partial charge is 0.496 e. The summed E-state index contributed by atoms with van der Waals surface area (Å²) >= 11 is 0. The third kappa shape index (κ3) is 8.97. The van der Waals surface area contributed by atoms with Crippen LogP contribution in [0.4, 0.5) is 0 Å². The fraction of sp³-hybridized carbons (Fsp3) is 0.625. The number of carbonyl (C=O) groups excluding carboxylic acids is 1. The van der Waals surface area contributed by atoms with E-state index in [4.69, 9.17) is 9.47 Å². The molecule has 4 heteroatoms. The van der Waals surface area contributed by atoms with Crippen LogP contribution in [0.1, 0.15) is 13.8 Å². The third-order valence-corrected chi connectivity index (χ3v) is 0.935. The molecule has 0 unspecified atom stereocenters. The quantitative estimate of drug-likeness (QED) is 0.343. The van der Waals surface area contributed by atoms with Gasteiger partial charge in [0, 0.05) is 13.5 Å². The molecule has 0 N–H and O–H groups in total. The summed E-state index contributed by atoms with van der Waals surface area (Å²) in [4.78, 5) is 10.2. The van der Waals surface area contributed by atoms with Gasteiger partial charge in [-0.2, -0.15) is 0 Å². The number of rotatable bonds is 6. The first-order valence-corrected chi connectivity index (χ1v) is 3.79. The van der Waals surface area contributed by atoms with Crippen LogP contribution >= 0.6 is 0 Å². The molecule has 0 bridgehead atoms. The zero-order valence-corrected chi connectivity index (χ0v) is 7.41. The summed E-state index contributed by atoms with van der Waals surface area (Å²) in [6, 6.07) is 0. The summed E-state index contributed by atoms with van der Waals surface area (Å²) in [5.41, 5.74) is 0. The molecule has 0 aliphatic heterocycles. The zero-order valence-electron chi connectivity index (χ0n) is 7.41. The van der Waals surface area contributed by atoms with Crippen LogP contribution in [0.15, 0.2) is 12.5 Å². The molecule has 0 radical (unpaired) electrons. The van der Waals surface area contributed by atoms with Crippen LogP contribution < -0.4 is 0 Å². The second-order valence-corrected chi connectivity index (χ2v) is 1.95. The Morgan fingerprint density at radius 1 is 1.33 bits per heavy atom. The van der Waals surface area contributed by atoms with E-state index in [-0.39, 0.29) is 5.97 Å². The van der Waals surface area contributed by atoms with Crippen molar-refractivity contribution in [2.45, 2.75) is 13.8 Å². The lowest BCUT2D eigenvalue weighted by Crippen LogP contribution is -2.00. The molecule has 0 amide bonds. The van der Waals surface area contributed by atoms with Crippen molar-refractivity contribution in [3.05, 3.63) is 12.5 Å². The van der Waals surface area contributed by atoms with Gasteiger partial charge in [0.1, 0.15) is 19.1 Å². The first kappa shape index (κ1) is 11.0. The molecule has 0 heterocycles. The van der Waals surface area contributed by atoms with Crippen LogP contribution in [0.5, 0.6) is 0 Å². The summed E-state index contributed by atoms with van der Waals surface area (Å²) in [5, 5.41) is 0. The van der Waals surface area contributed by atoms with Crippen LogP contribution in [-0.2, 0) is 19.0 Å². The lowest BCUT2D eigenvalue weighted by molar-refractivity contribution is -0.135. The average Bonchev–Trinajstić information content (AvgIpc) is 2.02. The Bertz CT molecular complexity index is 142. The van der Waals surface area contributed by atoms with E-state index in [1.54, 1.807) is 0 Å². The van der Waals surface area contributed by atoms with Crippen molar-refractivity contribution in [2.24, 2.45) is 0 Å². The molecule has 0 aliphatic carbocycles. The summed E-state index contributed by atoms with van der Waals surface area (Å²) in [6.07, 6.45) is 2.52. The van der Waals surface area contributed by atoms with Gasteiger partial charge in [-0.05, 0) is 6.92 Å². The van der Waals surface area contributed by atoms with Gasteiger partial charge < -0.3 is 14.2 Å². The number of hydrogen-bond acceptors (Lipinski definition) is 4. The molecule has 0 atom stereocenters. The van der Waals surface area contributed by atoms with E-state index in [0.717, 1.165) is 0 Å². The van der Waals surface area contributed by atoms with Crippen LogP contribution in [0, 0.1) is 0 Å². The molecule has 70 valence electrons. The number of esters is 1. The lowest BCUT2D eigenvalue weighted by atomic mass is 10.7. The Morgan fingerprint density at radius 3 is 2.67 bits per heavy atom. The van der Waals surface area contributed by atoms with Gasteiger partial charge in [-0.3, -0.25) is 4.79 Å². The number of carbonyl (C=O) groups is 1. The van der Waals surface area contributed by atoms with E-state index in [0.29, 0.717) is 19.8 Å². The van der Waals surface area contributed by atoms with Crippen molar-refractivity contribution in [1.29, 1.82) is 0 Å². The molecule has 0 saturated heterocycles. The maximum atomic E-state index is 10.2. The summed E-state index contributed by atoms with van der Waals surface area (Å²) in [5.74, 6) is -0.361. The van der Waals surface area contributed by atoms with Crippen molar-refractivity contribution >= 4 is 5.97 Å². The molecule has 0 aromatic rings. The molecule has 0 aromatic carbocycles. The van der Waals surface area contributed by atoms with Gasteiger partial charge >= 0.3 is 5.97 Å². The highest BCUT2D eigenvalue weighted by atomic mass is 16.5. The fourth-order valence-electron chi connectivity index (χ4n) is 0.482. The third-order valence-electron chi connectivity index (χ3n) is 0.935. The second-order valence-electron chi connectivity index (χ2n) is 1.95. The first-order chi connectivity index (χ1) is 5.77. The van der Waals surface area contributed by atoms with E-state index in [9.17, 15) is 4.79 Å². The van der Waals surface area contributed by atoms with Gasteiger partial charge in [-0.15, -0.1) is 0 Å². The molecule has 0 fully saturated rings. The Hall–Kier alpha value is -1.03. The molecule has 4 nitrogen and oxygen atoms in total. The van der Waals surface area contributed by atoms with Crippen LogP contribution in [-0.4, -0.2) is 25.8 Å². The van der Waals surface area contributed by atoms with E-state index in [1.165, 1.54) is 19.4 Å². The molecule has 0 aromatic heterocycles. The minimum atomic E-state index is -0.361. The SMILES string of the molecule is CCOCCOC=COC(C)=O. The topological polar surface area (TPSA) is 44.8 Å². The van der Waals surface area contributed by atoms with Gasteiger partial charge in [-0.25, -0.2) is 0 Å². The highest BCUT2D eigenvalue weighted by molar-refractivity contribution is 5.66. The Balaban J connectivity index is 3.08. The highest BCUT2D eigenvalue weighted by Crippen LogP contribution is 1.82. The van der Waals surface area contributed by atoms with Crippen molar-refractivity contribution in [3.8, 4) is 0 Å². The minimum Gasteiger partial charge on any atom is -0.496 e. The normalized spacial score (nSPS) is 10.2. The molecular weight excluding hydrogens is 160 g/mol. The molecule has 12 heavy (non-hydrogen) atoms. The average molecular weight is 174 g/mol. The Labute approximate surface area is 72.1 Å². The Kier molecular flexibility index (Phi) is 7.38. The van der Waals surface area contributed by atoms with Crippen molar-refractivity contribution in [2.75, 3.05) is 19.8 Å². The van der Waals surface area contributed by atoms with E-state index in [2.05, 4.69) is 4.74 Å². The summed E-state index contributed by atoms with van der Waals surface area (Å²) in [7, 11) is 0. The van der Waals surface area contributed by atoms with Gasteiger partial charge in [0.05, 0.1) is 6.61 Å². The Morgan fingerprint density at radius 2 is 2.08 bits per heavy atom. The van der Waals surface area contributed by atoms with E-state index in [1.807, 2.05) is 6.92 Å². The van der Waals surface area contributed by atoms with Crippen molar-refractivity contribution < 1.29 is 19.0 Å². The van der Waals surface area contributed by atoms with Gasteiger partial charge in [0.2, 0.25) is 0 Å². The predicted octanol–water partition coefficient (Wildman–Crippen LogP) is 1.07. The van der Waals surface area contributed by atoms with Gasteiger partial charge in [0.15, 0.2) is 0 Å². The second kappa shape index (κ2) is 8.07. The fourth-order valence-corrected chi connectivity index (χ4v) is 0.482. The standard InChI is InChI=1S/C8H14O4/c1-3-10-4-5-11-6-7-12-8(2)9/h6-7H,3-5H2,1-2H3. The monoisotopic (exact) mass is 174 g/mol. The molecule has 0 saturated carbocycles. The van der Waals surface area contributed by atoms with Gasteiger partial charge in [0.25, 0.3) is 0 Å². The number of hydrogen-bond donors (Lipinski definition) is 0. The van der Waals surface area contributed by atoms with Crippen molar-refractivity contribution in [1.82, 2.24) is 0 Å². The maximum absolute atomic E-state index is 10.2. The van der Waals surface area contributed by atoms with Crippen LogP contribution in [0.25, 0.3) is 0 Å². The summed E-state index contributed by atoms with van der Waals surface area (Å²) < 4.78 is 14.4. The minimum absolute atomic E-state index is 0.361. The lowest BCUT2D eigenvalue weighted by Gasteiger charge is -1.99. The predicted molar refractivity (Wildman–Crippen MR) is 43.4 cm³/mol. The molecule has 0 rings (SSSR count). The van der Waals surface area contributed by atoms with Gasteiger partial charge in [-0.1, -0.05) is 0 Å². The van der Waals surface area contributed by atoms with E-state index >= 15 is 0 Å². The molecule has 0 aliphatic rings. The first-order valence-electron chi connectivity index (χ1n) is 3.79. The number of ether oxygens (including phenoxy) is 3. The smallest absolute Gasteiger partial charge is 0.307 e. The van der Waals surface area contributed by atoms with E-state index < -0.39 is 0 Å². The van der Waals surface area contributed by atoms with Crippen LogP contribution in [0.2, 0.25) is 0 Å². The molecule has 0 spiro atoms. The maximum Gasteiger partial charge on any atom is 0.307 e. The van der Waals surface area contributed by atoms with Crippen LogP contribution in [0.3, 0.4) is 0 Å². The summed E-state index contributed by atoms with van der Waals surface area (Å²) in [6.45, 7) is 4.92.